The standard InChI is InChI=1S/C11H17B/c1-4-12-11(2,3)10-8-6-5-7-9-10/h5-9,12H,4H2,1-3H3. The summed E-state index contributed by atoms with van der Waals surface area (Å²) in [7, 11) is 1.26. The van der Waals surface area contributed by atoms with Crippen LogP contribution in [0.5, 0.6) is 0 Å². The molecule has 0 aromatic heterocycles. The fourth-order valence-corrected chi connectivity index (χ4v) is 1.66. The molecular formula is C11H17B. The van der Waals surface area contributed by atoms with Gasteiger partial charge in [0.05, 0.1) is 0 Å². The molecule has 1 aromatic rings. The molecule has 0 amide bonds. The van der Waals surface area contributed by atoms with Crippen molar-refractivity contribution in [1.82, 2.24) is 0 Å². The van der Waals surface area contributed by atoms with E-state index in [4.69, 9.17) is 0 Å². The van der Waals surface area contributed by atoms with E-state index >= 15 is 0 Å². The van der Waals surface area contributed by atoms with Crippen molar-refractivity contribution in [2.45, 2.75) is 32.4 Å². The summed E-state index contributed by atoms with van der Waals surface area (Å²) >= 11 is 0. The Bertz CT molecular complexity index is 226. The first kappa shape index (κ1) is 9.37. The van der Waals surface area contributed by atoms with Gasteiger partial charge in [0.25, 0.3) is 0 Å². The second-order valence-electron chi connectivity index (χ2n) is 4.00. The third-order valence-electron chi connectivity index (χ3n) is 2.43. The SMILES string of the molecule is CCBC(C)(C)c1ccccc1. The summed E-state index contributed by atoms with van der Waals surface area (Å²) < 4.78 is 0. The van der Waals surface area contributed by atoms with E-state index in [9.17, 15) is 0 Å². The third kappa shape index (κ3) is 2.13. The molecule has 0 radical (unpaired) electrons. The minimum atomic E-state index is 0.343. The van der Waals surface area contributed by atoms with Gasteiger partial charge in [-0.1, -0.05) is 57.4 Å². The van der Waals surface area contributed by atoms with E-state index in [0.29, 0.717) is 5.31 Å². The normalized spacial score (nSPS) is 11.2. The molecule has 0 nitrogen and oxygen atoms in total. The van der Waals surface area contributed by atoms with Crippen LogP contribution >= 0.6 is 0 Å². The molecule has 1 heteroatoms. The fraction of sp³-hybridized carbons (Fsp3) is 0.455. The zero-order chi connectivity index (χ0) is 9.03. The van der Waals surface area contributed by atoms with E-state index in [2.05, 4.69) is 51.1 Å². The fourth-order valence-electron chi connectivity index (χ4n) is 1.66. The predicted octanol–water partition coefficient (Wildman–Crippen LogP) is 2.80. The Morgan fingerprint density at radius 2 is 1.75 bits per heavy atom. The molecule has 0 aliphatic heterocycles. The second kappa shape index (κ2) is 3.80. The maximum absolute atomic E-state index is 2.31. The molecule has 12 heavy (non-hydrogen) atoms. The molecule has 0 bridgehead atoms. The van der Waals surface area contributed by atoms with Gasteiger partial charge in [-0.15, -0.1) is 0 Å². The topological polar surface area (TPSA) is 0 Å². The minimum absolute atomic E-state index is 0.343. The van der Waals surface area contributed by atoms with Gasteiger partial charge < -0.3 is 0 Å². The Labute approximate surface area is 76.2 Å². The molecular weight excluding hydrogens is 143 g/mol. The summed E-state index contributed by atoms with van der Waals surface area (Å²) in [6.07, 6.45) is 1.25. The van der Waals surface area contributed by atoms with Gasteiger partial charge in [0.1, 0.15) is 7.28 Å². The summed E-state index contributed by atoms with van der Waals surface area (Å²) in [4.78, 5) is 0. The van der Waals surface area contributed by atoms with Crippen LogP contribution in [0.25, 0.3) is 0 Å². The van der Waals surface area contributed by atoms with Crippen LogP contribution in [0.2, 0.25) is 6.32 Å². The van der Waals surface area contributed by atoms with Crippen LogP contribution in [0.3, 0.4) is 0 Å². The van der Waals surface area contributed by atoms with Crippen molar-refractivity contribution in [2.24, 2.45) is 0 Å². The zero-order valence-electron chi connectivity index (χ0n) is 8.30. The van der Waals surface area contributed by atoms with E-state index in [1.807, 2.05) is 0 Å². The van der Waals surface area contributed by atoms with Crippen LogP contribution in [0.15, 0.2) is 30.3 Å². The van der Waals surface area contributed by atoms with Crippen molar-refractivity contribution in [1.29, 1.82) is 0 Å². The first-order chi connectivity index (χ1) is 5.67. The highest BCUT2D eigenvalue weighted by atomic mass is 14.1. The first-order valence-corrected chi connectivity index (χ1v) is 4.72. The summed E-state index contributed by atoms with van der Waals surface area (Å²) in [6, 6.07) is 10.7. The van der Waals surface area contributed by atoms with Gasteiger partial charge in [-0.05, 0) is 10.9 Å². The molecule has 0 saturated carbocycles. The quantitative estimate of drug-likeness (QED) is 0.596. The average Bonchev–Trinajstić information content (AvgIpc) is 2.06. The van der Waals surface area contributed by atoms with Gasteiger partial charge in [-0.3, -0.25) is 0 Å². The molecule has 0 spiro atoms. The molecule has 0 unspecified atom stereocenters. The average molecular weight is 160 g/mol. The Morgan fingerprint density at radius 1 is 1.17 bits per heavy atom. The van der Waals surface area contributed by atoms with Crippen LogP contribution in [-0.4, -0.2) is 7.28 Å². The number of hydrogen-bond donors (Lipinski definition) is 0. The van der Waals surface area contributed by atoms with Crippen LogP contribution in [0.4, 0.5) is 0 Å². The minimum Gasteiger partial charge on any atom is -0.0794 e. The maximum Gasteiger partial charge on any atom is 0.132 e. The number of benzene rings is 1. The lowest BCUT2D eigenvalue weighted by molar-refractivity contribution is 0.747. The molecule has 64 valence electrons. The Kier molecular flexibility index (Phi) is 2.96. The highest BCUT2D eigenvalue weighted by Crippen LogP contribution is 2.21. The van der Waals surface area contributed by atoms with Gasteiger partial charge in [0, 0.05) is 0 Å². The Balaban J connectivity index is 2.82. The lowest BCUT2D eigenvalue weighted by Crippen LogP contribution is -2.24. The first-order valence-electron chi connectivity index (χ1n) is 4.72. The van der Waals surface area contributed by atoms with Crippen molar-refractivity contribution in [3.8, 4) is 0 Å². The summed E-state index contributed by atoms with van der Waals surface area (Å²) in [5, 5.41) is 0.343. The van der Waals surface area contributed by atoms with Crippen LogP contribution in [0.1, 0.15) is 26.3 Å². The summed E-state index contributed by atoms with van der Waals surface area (Å²) in [5.74, 6) is 0. The van der Waals surface area contributed by atoms with Crippen molar-refractivity contribution in [3.05, 3.63) is 35.9 Å². The molecule has 0 atom stereocenters. The van der Waals surface area contributed by atoms with Gasteiger partial charge in [-0.25, -0.2) is 0 Å². The van der Waals surface area contributed by atoms with Crippen LogP contribution in [0, 0.1) is 0 Å². The lowest BCUT2D eigenvalue weighted by atomic mass is 9.50. The largest absolute Gasteiger partial charge is 0.132 e. The molecule has 1 aromatic carbocycles. The Morgan fingerprint density at radius 3 is 2.25 bits per heavy atom. The zero-order valence-corrected chi connectivity index (χ0v) is 8.30. The van der Waals surface area contributed by atoms with E-state index in [0.717, 1.165) is 0 Å². The van der Waals surface area contributed by atoms with Gasteiger partial charge in [0.2, 0.25) is 0 Å². The molecule has 0 aliphatic carbocycles. The van der Waals surface area contributed by atoms with E-state index in [-0.39, 0.29) is 0 Å². The monoisotopic (exact) mass is 160 g/mol. The van der Waals surface area contributed by atoms with Crippen molar-refractivity contribution in [3.63, 3.8) is 0 Å². The molecule has 1 rings (SSSR count). The Hall–Kier alpha value is -0.715. The third-order valence-corrected chi connectivity index (χ3v) is 2.43. The van der Waals surface area contributed by atoms with Gasteiger partial charge >= 0.3 is 0 Å². The highest BCUT2D eigenvalue weighted by molar-refractivity contribution is 6.39. The van der Waals surface area contributed by atoms with E-state index < -0.39 is 0 Å². The summed E-state index contributed by atoms with van der Waals surface area (Å²) in [5.41, 5.74) is 1.45. The molecule has 0 aliphatic rings. The van der Waals surface area contributed by atoms with Crippen molar-refractivity contribution < 1.29 is 0 Å². The molecule has 0 N–H and O–H groups in total. The van der Waals surface area contributed by atoms with Gasteiger partial charge in [0.15, 0.2) is 0 Å². The maximum atomic E-state index is 2.31. The molecule has 0 saturated heterocycles. The number of hydrogen-bond acceptors (Lipinski definition) is 0. The lowest BCUT2D eigenvalue weighted by Gasteiger charge is -2.23. The van der Waals surface area contributed by atoms with Crippen molar-refractivity contribution >= 4 is 7.28 Å². The predicted molar refractivity (Wildman–Crippen MR) is 57.1 cm³/mol. The van der Waals surface area contributed by atoms with Crippen LogP contribution < -0.4 is 0 Å². The second-order valence-corrected chi connectivity index (χ2v) is 4.00. The summed E-state index contributed by atoms with van der Waals surface area (Å²) in [6.45, 7) is 6.86. The highest BCUT2D eigenvalue weighted by Gasteiger charge is 2.19. The van der Waals surface area contributed by atoms with E-state index in [1.165, 1.54) is 19.2 Å². The molecule has 0 heterocycles. The smallest absolute Gasteiger partial charge is 0.0794 e. The number of rotatable bonds is 3. The van der Waals surface area contributed by atoms with Crippen LogP contribution in [-0.2, 0) is 5.31 Å². The van der Waals surface area contributed by atoms with E-state index in [1.54, 1.807) is 0 Å². The van der Waals surface area contributed by atoms with Crippen molar-refractivity contribution in [2.75, 3.05) is 0 Å². The van der Waals surface area contributed by atoms with Gasteiger partial charge in [-0.2, -0.15) is 0 Å². The molecule has 0 fully saturated rings.